The summed E-state index contributed by atoms with van der Waals surface area (Å²) in [6.07, 6.45) is 2.20. The molecule has 2 aromatic carbocycles. The quantitative estimate of drug-likeness (QED) is 0.465. The molecule has 1 atom stereocenters. The predicted octanol–water partition coefficient (Wildman–Crippen LogP) is 2.84. The third kappa shape index (κ3) is 6.45. The smallest absolute Gasteiger partial charge is 0.251 e. The maximum absolute atomic E-state index is 13.0. The number of sulfonamides is 1. The van der Waals surface area contributed by atoms with E-state index in [2.05, 4.69) is 14.9 Å². The summed E-state index contributed by atoms with van der Waals surface area (Å²) in [6, 6.07) is 11.9. The number of nitrogens with one attached hydrogen (secondary N) is 2. The second-order valence-electron chi connectivity index (χ2n) is 7.75. The van der Waals surface area contributed by atoms with Gasteiger partial charge in [-0.25, -0.2) is 13.1 Å². The fraction of sp³-hybridized carbons (Fsp3) is 0.435. The van der Waals surface area contributed by atoms with Gasteiger partial charge in [-0.15, -0.1) is 0 Å². The van der Waals surface area contributed by atoms with Crippen molar-refractivity contribution in [2.75, 3.05) is 47.0 Å². The average Bonchev–Trinajstić information content (AvgIpc) is 3.34. The van der Waals surface area contributed by atoms with E-state index in [9.17, 15) is 13.2 Å². The number of nitrogens with zero attached hydrogens (tertiary/aromatic N) is 1. The molecule has 0 aliphatic carbocycles. The molecular formula is C23H30ClN3O5S. The fourth-order valence-corrected chi connectivity index (χ4v) is 5.38. The molecule has 1 heterocycles. The highest BCUT2D eigenvalue weighted by molar-refractivity contribution is 7.89. The van der Waals surface area contributed by atoms with Gasteiger partial charge in [0.15, 0.2) is 0 Å². The Hall–Kier alpha value is -2.17. The molecule has 1 unspecified atom stereocenters. The maximum Gasteiger partial charge on any atom is 0.251 e. The first-order valence-corrected chi connectivity index (χ1v) is 12.7. The van der Waals surface area contributed by atoms with E-state index < -0.39 is 10.0 Å². The lowest BCUT2D eigenvalue weighted by Crippen LogP contribution is -2.37. The summed E-state index contributed by atoms with van der Waals surface area (Å²) >= 11 is 6.45. The fourth-order valence-electron chi connectivity index (χ4n) is 3.91. The van der Waals surface area contributed by atoms with Crippen LogP contribution in [0.1, 0.15) is 34.8 Å². The van der Waals surface area contributed by atoms with E-state index in [1.165, 1.54) is 26.4 Å². The Morgan fingerprint density at radius 2 is 1.88 bits per heavy atom. The van der Waals surface area contributed by atoms with Crippen molar-refractivity contribution in [1.29, 1.82) is 0 Å². The third-order valence-corrected chi connectivity index (χ3v) is 7.44. The monoisotopic (exact) mass is 495 g/mol. The average molecular weight is 496 g/mol. The van der Waals surface area contributed by atoms with Crippen molar-refractivity contribution in [2.24, 2.45) is 0 Å². The van der Waals surface area contributed by atoms with Gasteiger partial charge in [0.2, 0.25) is 10.0 Å². The van der Waals surface area contributed by atoms with E-state index in [0.29, 0.717) is 11.6 Å². The van der Waals surface area contributed by atoms with Gasteiger partial charge in [0.05, 0.1) is 19.8 Å². The number of likely N-dealkylation sites (tertiary alicyclic amines) is 1. The topological polar surface area (TPSA) is 97.0 Å². The number of rotatable bonds is 11. The summed E-state index contributed by atoms with van der Waals surface area (Å²) in [7, 11) is -1.02. The molecule has 180 valence electrons. The van der Waals surface area contributed by atoms with Crippen molar-refractivity contribution in [1.82, 2.24) is 14.9 Å². The maximum atomic E-state index is 13.0. The molecule has 1 amide bonds. The Morgan fingerprint density at radius 3 is 2.55 bits per heavy atom. The van der Waals surface area contributed by atoms with Crippen LogP contribution in [0.5, 0.6) is 5.75 Å². The summed E-state index contributed by atoms with van der Waals surface area (Å²) in [5.41, 5.74) is 1.18. The summed E-state index contributed by atoms with van der Waals surface area (Å²) in [6.45, 7) is 2.55. The first-order chi connectivity index (χ1) is 15.9. The lowest BCUT2D eigenvalue weighted by atomic mass is 10.0. The number of ether oxygens (including phenoxy) is 2. The Kier molecular flexibility index (Phi) is 9.10. The molecule has 1 saturated heterocycles. The minimum atomic E-state index is -3.88. The van der Waals surface area contributed by atoms with Crippen molar-refractivity contribution in [2.45, 2.75) is 23.8 Å². The van der Waals surface area contributed by atoms with Crippen molar-refractivity contribution in [3.63, 3.8) is 0 Å². The van der Waals surface area contributed by atoms with Gasteiger partial charge in [-0.1, -0.05) is 29.8 Å². The van der Waals surface area contributed by atoms with Crippen LogP contribution in [0.3, 0.4) is 0 Å². The van der Waals surface area contributed by atoms with Gasteiger partial charge in [-0.3, -0.25) is 9.69 Å². The van der Waals surface area contributed by atoms with Gasteiger partial charge in [0.25, 0.3) is 5.91 Å². The Morgan fingerprint density at radius 1 is 1.15 bits per heavy atom. The highest BCUT2D eigenvalue weighted by Crippen LogP contribution is 2.30. The molecule has 1 aliphatic heterocycles. The van der Waals surface area contributed by atoms with Crippen LogP contribution in [-0.4, -0.2) is 66.2 Å². The molecule has 0 spiro atoms. The largest absolute Gasteiger partial charge is 0.495 e. The van der Waals surface area contributed by atoms with Gasteiger partial charge in [0.1, 0.15) is 10.6 Å². The Balaban J connectivity index is 1.79. The van der Waals surface area contributed by atoms with Crippen LogP contribution in [0.15, 0.2) is 47.4 Å². The molecule has 33 heavy (non-hydrogen) atoms. The lowest BCUT2D eigenvalue weighted by Gasteiger charge is -2.29. The number of hydrogen-bond donors (Lipinski definition) is 2. The van der Waals surface area contributed by atoms with Crippen LogP contribution < -0.4 is 14.8 Å². The van der Waals surface area contributed by atoms with Gasteiger partial charge in [0, 0.05) is 30.8 Å². The first kappa shape index (κ1) is 25.5. The number of methoxy groups -OCH3 is 2. The molecule has 0 bridgehead atoms. The predicted molar refractivity (Wildman–Crippen MR) is 127 cm³/mol. The minimum absolute atomic E-state index is 0.0673. The normalized spacial score (nSPS) is 15.4. The van der Waals surface area contributed by atoms with Crippen LogP contribution in [-0.2, 0) is 14.8 Å². The number of hydrogen-bond acceptors (Lipinski definition) is 6. The van der Waals surface area contributed by atoms with E-state index in [1.807, 2.05) is 24.3 Å². The number of carbonyl (C=O) groups is 1. The highest BCUT2D eigenvalue weighted by atomic mass is 35.5. The number of carbonyl (C=O) groups excluding carboxylic acids is 1. The lowest BCUT2D eigenvalue weighted by molar-refractivity contribution is 0.0937. The van der Waals surface area contributed by atoms with E-state index in [-0.39, 0.29) is 41.3 Å². The highest BCUT2D eigenvalue weighted by Gasteiger charge is 2.26. The van der Waals surface area contributed by atoms with E-state index in [1.54, 1.807) is 6.07 Å². The molecular weight excluding hydrogens is 466 g/mol. The van der Waals surface area contributed by atoms with Crippen LogP contribution in [0.25, 0.3) is 0 Å². The van der Waals surface area contributed by atoms with Crippen molar-refractivity contribution < 1.29 is 22.7 Å². The van der Waals surface area contributed by atoms with Crippen molar-refractivity contribution in [3.8, 4) is 5.75 Å². The zero-order valence-corrected chi connectivity index (χ0v) is 20.4. The van der Waals surface area contributed by atoms with Gasteiger partial charge in [-0.05, 0) is 55.8 Å². The van der Waals surface area contributed by atoms with Crippen LogP contribution in [0, 0.1) is 0 Å². The standard InChI is InChI=1S/C23H30ClN3O5S/c1-31-14-11-26-33(29,30)22-15-17(9-10-21(22)32-2)23(28)25-16-20(27-12-5-6-13-27)18-7-3-4-8-19(18)24/h3-4,7-10,15,20,26H,5-6,11-14,16H2,1-2H3,(H,25,28). The van der Waals surface area contributed by atoms with Crippen molar-refractivity contribution in [3.05, 3.63) is 58.6 Å². The molecule has 0 saturated carbocycles. The molecule has 1 aliphatic rings. The summed E-state index contributed by atoms with van der Waals surface area (Å²) in [4.78, 5) is 15.2. The van der Waals surface area contributed by atoms with Crippen LogP contribution in [0.2, 0.25) is 5.02 Å². The van der Waals surface area contributed by atoms with E-state index in [4.69, 9.17) is 21.1 Å². The summed E-state index contributed by atoms with van der Waals surface area (Å²) < 4.78 is 38.0. The van der Waals surface area contributed by atoms with Gasteiger partial charge in [-0.2, -0.15) is 0 Å². The number of benzene rings is 2. The first-order valence-electron chi connectivity index (χ1n) is 10.8. The molecule has 0 aromatic heterocycles. The number of halogens is 1. The molecule has 10 heteroatoms. The molecule has 0 radical (unpaired) electrons. The van der Waals surface area contributed by atoms with E-state index in [0.717, 1.165) is 31.5 Å². The minimum Gasteiger partial charge on any atom is -0.495 e. The van der Waals surface area contributed by atoms with E-state index >= 15 is 0 Å². The molecule has 3 rings (SSSR count). The zero-order valence-electron chi connectivity index (χ0n) is 18.8. The molecule has 2 aromatic rings. The summed E-state index contributed by atoms with van der Waals surface area (Å²) in [5, 5.41) is 3.61. The molecule has 1 fully saturated rings. The van der Waals surface area contributed by atoms with Crippen LogP contribution >= 0.6 is 11.6 Å². The van der Waals surface area contributed by atoms with Gasteiger partial charge < -0.3 is 14.8 Å². The second-order valence-corrected chi connectivity index (χ2v) is 9.89. The zero-order chi connectivity index (χ0) is 23.8. The third-order valence-electron chi connectivity index (χ3n) is 5.62. The van der Waals surface area contributed by atoms with Gasteiger partial charge >= 0.3 is 0 Å². The van der Waals surface area contributed by atoms with Crippen molar-refractivity contribution >= 4 is 27.5 Å². The summed E-state index contributed by atoms with van der Waals surface area (Å²) in [5.74, 6) is -0.218. The number of amides is 1. The Labute approximate surface area is 200 Å². The molecule has 2 N–H and O–H groups in total. The molecule has 8 nitrogen and oxygen atoms in total. The van der Waals surface area contributed by atoms with Crippen LogP contribution in [0.4, 0.5) is 0 Å². The second kappa shape index (κ2) is 11.8. The Bertz CT molecular complexity index is 1060. The SMILES string of the molecule is COCCNS(=O)(=O)c1cc(C(=O)NCC(c2ccccc2Cl)N2CCCC2)ccc1OC.